The van der Waals surface area contributed by atoms with Crippen molar-refractivity contribution in [1.82, 2.24) is 9.55 Å². The first-order valence-electron chi connectivity index (χ1n) is 7.11. The molecule has 0 aliphatic heterocycles. The summed E-state index contributed by atoms with van der Waals surface area (Å²) in [5.74, 6) is 0.0563. The van der Waals surface area contributed by atoms with Crippen LogP contribution in [0, 0.1) is 0 Å². The summed E-state index contributed by atoms with van der Waals surface area (Å²) in [5.41, 5.74) is 2.92. The van der Waals surface area contributed by atoms with Crippen molar-refractivity contribution in [2.24, 2.45) is 0 Å². The first-order valence-corrected chi connectivity index (χ1v) is 7.11. The average Bonchev–Trinajstić information content (AvgIpc) is 2.94. The standard InChI is InChI=1S/C18H16N2O2/c1-3-22-18(21)13(2)17-19-15-11-7-8-12-16(15)20(17)14-9-5-4-6-10-14/h4-12H,2-3H2,1H3. The lowest BCUT2D eigenvalue weighted by atomic mass is 10.2. The van der Waals surface area contributed by atoms with Gasteiger partial charge in [-0.25, -0.2) is 9.78 Å². The predicted molar refractivity (Wildman–Crippen MR) is 86.7 cm³/mol. The molecule has 0 unspecified atom stereocenters. The molecular formula is C18H16N2O2. The van der Waals surface area contributed by atoms with E-state index in [1.165, 1.54) is 0 Å². The zero-order chi connectivity index (χ0) is 15.5. The van der Waals surface area contributed by atoms with Gasteiger partial charge in [-0.15, -0.1) is 0 Å². The van der Waals surface area contributed by atoms with Gasteiger partial charge in [-0.2, -0.15) is 0 Å². The second-order valence-corrected chi connectivity index (χ2v) is 4.79. The number of benzene rings is 2. The molecule has 0 N–H and O–H groups in total. The molecule has 3 aromatic rings. The molecule has 4 nitrogen and oxygen atoms in total. The zero-order valence-electron chi connectivity index (χ0n) is 12.3. The van der Waals surface area contributed by atoms with Crippen LogP contribution in [0.2, 0.25) is 0 Å². The van der Waals surface area contributed by atoms with Crippen LogP contribution >= 0.6 is 0 Å². The number of ether oxygens (including phenoxy) is 1. The second kappa shape index (κ2) is 5.85. The Hall–Kier alpha value is -2.88. The van der Waals surface area contributed by atoms with Gasteiger partial charge in [0.05, 0.1) is 23.2 Å². The molecule has 1 heterocycles. The molecule has 0 saturated carbocycles. The summed E-state index contributed by atoms with van der Waals surface area (Å²) < 4.78 is 6.98. The van der Waals surface area contributed by atoms with Gasteiger partial charge in [0.1, 0.15) is 0 Å². The smallest absolute Gasteiger partial charge is 0.341 e. The van der Waals surface area contributed by atoms with E-state index in [9.17, 15) is 4.79 Å². The van der Waals surface area contributed by atoms with Gasteiger partial charge in [0.25, 0.3) is 0 Å². The maximum Gasteiger partial charge on any atom is 0.341 e. The highest BCUT2D eigenvalue weighted by Crippen LogP contribution is 2.25. The minimum absolute atomic E-state index is 0.252. The van der Waals surface area contributed by atoms with Crippen molar-refractivity contribution in [2.75, 3.05) is 6.61 Å². The van der Waals surface area contributed by atoms with Crippen molar-refractivity contribution in [3.63, 3.8) is 0 Å². The number of para-hydroxylation sites is 3. The summed E-state index contributed by atoms with van der Waals surface area (Å²) >= 11 is 0. The Labute approximate surface area is 128 Å². The third-order valence-corrected chi connectivity index (χ3v) is 3.37. The van der Waals surface area contributed by atoms with E-state index in [0.29, 0.717) is 12.4 Å². The van der Waals surface area contributed by atoms with Gasteiger partial charge in [0, 0.05) is 5.69 Å². The minimum Gasteiger partial charge on any atom is -0.462 e. The Bertz CT molecular complexity index is 835. The minimum atomic E-state index is -0.449. The fourth-order valence-corrected chi connectivity index (χ4v) is 2.38. The summed E-state index contributed by atoms with van der Waals surface area (Å²) in [5, 5.41) is 0. The fraction of sp³-hybridized carbons (Fsp3) is 0.111. The summed E-state index contributed by atoms with van der Waals surface area (Å²) in [6, 6.07) is 17.5. The lowest BCUT2D eigenvalue weighted by Gasteiger charge is -2.10. The summed E-state index contributed by atoms with van der Waals surface area (Å²) in [6.07, 6.45) is 0. The molecule has 0 fully saturated rings. The molecule has 0 radical (unpaired) electrons. The van der Waals surface area contributed by atoms with Crippen LogP contribution in [0.15, 0.2) is 61.2 Å². The lowest BCUT2D eigenvalue weighted by Crippen LogP contribution is -2.10. The molecule has 3 rings (SSSR count). The van der Waals surface area contributed by atoms with E-state index in [1.54, 1.807) is 6.92 Å². The Morgan fingerprint density at radius 1 is 1.14 bits per heavy atom. The topological polar surface area (TPSA) is 44.1 Å². The maximum atomic E-state index is 12.0. The van der Waals surface area contributed by atoms with Gasteiger partial charge in [0.15, 0.2) is 5.82 Å². The number of carbonyl (C=O) groups is 1. The number of nitrogens with zero attached hydrogens (tertiary/aromatic N) is 2. The molecule has 0 spiro atoms. The quantitative estimate of drug-likeness (QED) is 0.545. The number of carbonyl (C=O) groups excluding carboxylic acids is 1. The lowest BCUT2D eigenvalue weighted by molar-refractivity contribution is -0.136. The van der Waals surface area contributed by atoms with Crippen LogP contribution in [0.25, 0.3) is 22.3 Å². The largest absolute Gasteiger partial charge is 0.462 e. The Kier molecular flexibility index (Phi) is 3.74. The number of hydrogen-bond acceptors (Lipinski definition) is 3. The molecule has 110 valence electrons. The van der Waals surface area contributed by atoms with Gasteiger partial charge in [0.2, 0.25) is 0 Å². The maximum absolute atomic E-state index is 12.0. The molecule has 0 aliphatic carbocycles. The third kappa shape index (κ3) is 2.39. The number of esters is 1. The van der Waals surface area contributed by atoms with Crippen molar-refractivity contribution in [3.05, 3.63) is 67.0 Å². The SMILES string of the molecule is C=C(C(=O)OCC)c1nc2ccccc2n1-c1ccccc1. The van der Waals surface area contributed by atoms with E-state index in [-0.39, 0.29) is 5.57 Å². The monoisotopic (exact) mass is 292 g/mol. The molecule has 2 aromatic carbocycles. The Morgan fingerprint density at radius 3 is 2.55 bits per heavy atom. The van der Waals surface area contributed by atoms with Crippen molar-refractivity contribution in [1.29, 1.82) is 0 Å². The molecule has 4 heteroatoms. The van der Waals surface area contributed by atoms with Crippen molar-refractivity contribution < 1.29 is 9.53 Å². The second-order valence-electron chi connectivity index (χ2n) is 4.79. The fourth-order valence-electron chi connectivity index (χ4n) is 2.38. The Morgan fingerprint density at radius 2 is 1.82 bits per heavy atom. The predicted octanol–water partition coefficient (Wildman–Crippen LogP) is 3.60. The number of rotatable bonds is 4. The van der Waals surface area contributed by atoms with Crippen LogP contribution in [0.4, 0.5) is 0 Å². The molecule has 1 aromatic heterocycles. The van der Waals surface area contributed by atoms with Crippen LogP contribution in [-0.2, 0) is 9.53 Å². The Balaban J connectivity index is 2.22. The molecular weight excluding hydrogens is 276 g/mol. The molecule has 0 amide bonds. The molecule has 0 saturated heterocycles. The van der Waals surface area contributed by atoms with E-state index < -0.39 is 5.97 Å². The number of hydrogen-bond donors (Lipinski definition) is 0. The number of imidazole rings is 1. The summed E-state index contributed by atoms with van der Waals surface area (Å²) in [4.78, 5) is 16.6. The molecule has 0 aliphatic rings. The highest BCUT2D eigenvalue weighted by atomic mass is 16.5. The number of aromatic nitrogens is 2. The van der Waals surface area contributed by atoms with Gasteiger partial charge in [-0.1, -0.05) is 36.9 Å². The van der Waals surface area contributed by atoms with Gasteiger partial charge >= 0.3 is 5.97 Å². The summed E-state index contributed by atoms with van der Waals surface area (Å²) in [6.45, 7) is 5.95. The van der Waals surface area contributed by atoms with E-state index in [1.807, 2.05) is 59.2 Å². The average molecular weight is 292 g/mol. The van der Waals surface area contributed by atoms with Gasteiger partial charge < -0.3 is 4.74 Å². The van der Waals surface area contributed by atoms with Gasteiger partial charge in [-0.3, -0.25) is 4.57 Å². The zero-order valence-corrected chi connectivity index (χ0v) is 12.3. The first kappa shape index (κ1) is 14.1. The van der Waals surface area contributed by atoms with E-state index in [2.05, 4.69) is 11.6 Å². The third-order valence-electron chi connectivity index (χ3n) is 3.37. The van der Waals surface area contributed by atoms with Crippen LogP contribution in [-0.4, -0.2) is 22.1 Å². The highest BCUT2D eigenvalue weighted by Gasteiger charge is 2.20. The van der Waals surface area contributed by atoms with Crippen molar-refractivity contribution in [3.8, 4) is 5.69 Å². The van der Waals surface area contributed by atoms with Crippen molar-refractivity contribution >= 4 is 22.6 Å². The molecule has 0 atom stereocenters. The van der Waals surface area contributed by atoms with Crippen molar-refractivity contribution in [2.45, 2.75) is 6.92 Å². The van der Waals surface area contributed by atoms with Crippen LogP contribution in [0.3, 0.4) is 0 Å². The van der Waals surface area contributed by atoms with Crippen LogP contribution in [0.5, 0.6) is 0 Å². The summed E-state index contributed by atoms with van der Waals surface area (Å²) in [7, 11) is 0. The molecule has 22 heavy (non-hydrogen) atoms. The van der Waals surface area contributed by atoms with Crippen LogP contribution in [0.1, 0.15) is 12.7 Å². The van der Waals surface area contributed by atoms with E-state index in [4.69, 9.17) is 4.74 Å². The first-order chi connectivity index (χ1) is 10.7. The number of fused-ring (bicyclic) bond motifs is 1. The molecule has 0 bridgehead atoms. The van der Waals surface area contributed by atoms with E-state index >= 15 is 0 Å². The van der Waals surface area contributed by atoms with Crippen LogP contribution < -0.4 is 0 Å². The normalized spacial score (nSPS) is 10.6. The van der Waals surface area contributed by atoms with E-state index in [0.717, 1.165) is 16.7 Å². The van der Waals surface area contributed by atoms with Gasteiger partial charge in [-0.05, 0) is 31.2 Å². The highest BCUT2D eigenvalue weighted by molar-refractivity contribution is 6.15.